The highest BCUT2D eigenvalue weighted by molar-refractivity contribution is 5.52. The fourth-order valence-electron chi connectivity index (χ4n) is 3.62. The number of alkyl halides is 3. The molecule has 0 aliphatic heterocycles. The molecule has 0 atom stereocenters. The van der Waals surface area contributed by atoms with Crippen LogP contribution in [-0.2, 0) is 23.0 Å². The molecule has 132 valence electrons. The molecule has 1 amide bonds. The van der Waals surface area contributed by atoms with Crippen LogP contribution >= 0.6 is 0 Å². The summed E-state index contributed by atoms with van der Waals surface area (Å²) in [6, 6.07) is 0.861. The van der Waals surface area contributed by atoms with Crippen molar-refractivity contribution in [1.29, 1.82) is 0 Å². The smallest absolute Gasteiger partial charge is 0.418 e. The van der Waals surface area contributed by atoms with E-state index < -0.39 is 11.7 Å². The minimum Gasteiger partial charge on any atom is -0.482 e. The summed E-state index contributed by atoms with van der Waals surface area (Å²) in [5, 5.41) is 10.7. The van der Waals surface area contributed by atoms with Crippen molar-refractivity contribution in [2.45, 2.75) is 43.0 Å². The topological polar surface area (TPSA) is 90.1 Å². The highest BCUT2D eigenvalue weighted by atomic mass is 19.4. The molecule has 10 heteroatoms. The number of hydrogen-bond donors (Lipinski definition) is 1. The van der Waals surface area contributed by atoms with Crippen LogP contribution in [0.3, 0.4) is 0 Å². The van der Waals surface area contributed by atoms with Crippen molar-refractivity contribution in [3.8, 4) is 5.75 Å². The predicted molar refractivity (Wildman–Crippen MR) is 75.3 cm³/mol. The molecule has 5 rings (SSSR count). The van der Waals surface area contributed by atoms with E-state index in [-0.39, 0.29) is 29.2 Å². The molecule has 2 heterocycles. The number of nitrogens with zero attached hydrogens (tertiary/aromatic N) is 3. The summed E-state index contributed by atoms with van der Waals surface area (Å²) in [7, 11) is 0. The number of hydrogen-bond acceptors (Lipinski definition) is 6. The van der Waals surface area contributed by atoms with Gasteiger partial charge >= 0.3 is 6.18 Å². The van der Waals surface area contributed by atoms with Gasteiger partial charge in [0, 0.05) is 11.7 Å². The van der Waals surface area contributed by atoms with E-state index in [1.807, 2.05) is 0 Å². The Morgan fingerprint density at radius 3 is 2.72 bits per heavy atom. The van der Waals surface area contributed by atoms with Crippen LogP contribution in [0.2, 0.25) is 0 Å². The maximum Gasteiger partial charge on any atom is 0.418 e. The number of nitrogens with one attached hydrogen (secondary N) is 1. The van der Waals surface area contributed by atoms with Crippen molar-refractivity contribution in [1.82, 2.24) is 20.5 Å². The Hall–Kier alpha value is -2.65. The van der Waals surface area contributed by atoms with Gasteiger partial charge in [-0.05, 0) is 25.3 Å². The van der Waals surface area contributed by atoms with Gasteiger partial charge in [-0.1, -0.05) is 0 Å². The molecule has 3 fully saturated rings. The van der Waals surface area contributed by atoms with Crippen LogP contribution in [0.25, 0.3) is 0 Å². The molecule has 3 aliphatic carbocycles. The van der Waals surface area contributed by atoms with E-state index in [4.69, 9.17) is 9.15 Å². The molecular formula is C15H13F3N4O3. The normalized spacial score (nSPS) is 27.2. The molecule has 3 aliphatic rings. The first-order valence-electron chi connectivity index (χ1n) is 7.54. The fraction of sp³-hybridized carbons (Fsp3) is 0.467. The van der Waals surface area contributed by atoms with Crippen molar-refractivity contribution in [3.05, 3.63) is 35.8 Å². The SMILES string of the molecule is O=CNC12CC(c3nnc(COc4cncc(C(F)(F)F)c4)o3)(C1)C2. The van der Waals surface area contributed by atoms with E-state index in [1.54, 1.807) is 0 Å². The predicted octanol–water partition coefficient (Wildman–Crippen LogP) is 1.98. The highest BCUT2D eigenvalue weighted by Crippen LogP contribution is 2.67. The lowest BCUT2D eigenvalue weighted by molar-refractivity contribution is -0.138. The summed E-state index contributed by atoms with van der Waals surface area (Å²) >= 11 is 0. The van der Waals surface area contributed by atoms with Gasteiger partial charge in [0.05, 0.1) is 17.2 Å². The Bertz CT molecular complexity index is 801. The number of halogens is 3. The maximum absolute atomic E-state index is 12.6. The van der Waals surface area contributed by atoms with E-state index in [2.05, 4.69) is 20.5 Å². The molecule has 2 bridgehead atoms. The standard InChI is InChI=1S/C15H13F3N4O3/c16-15(17,18)9-1-10(3-19-2-9)24-4-11-21-22-12(25-11)13-5-14(6-13,7-13)20-8-23/h1-3,8H,4-7H2,(H,20,23). The average molecular weight is 354 g/mol. The van der Waals surface area contributed by atoms with Crippen molar-refractivity contribution < 1.29 is 27.1 Å². The van der Waals surface area contributed by atoms with Gasteiger partial charge < -0.3 is 14.5 Å². The largest absolute Gasteiger partial charge is 0.482 e. The molecule has 2 aromatic rings. The third-order valence-electron chi connectivity index (χ3n) is 4.72. The molecular weight excluding hydrogens is 341 g/mol. The number of ether oxygens (including phenoxy) is 1. The summed E-state index contributed by atoms with van der Waals surface area (Å²) in [6.45, 7) is -0.149. The third kappa shape index (κ3) is 2.61. The third-order valence-corrected chi connectivity index (χ3v) is 4.72. The monoisotopic (exact) mass is 354 g/mol. The minimum atomic E-state index is -4.49. The average Bonchev–Trinajstić information content (AvgIpc) is 2.95. The zero-order valence-electron chi connectivity index (χ0n) is 12.8. The second-order valence-corrected chi connectivity index (χ2v) is 6.55. The molecule has 0 unspecified atom stereocenters. The zero-order valence-corrected chi connectivity index (χ0v) is 12.8. The van der Waals surface area contributed by atoms with Gasteiger partial charge in [-0.15, -0.1) is 10.2 Å². The molecule has 2 aromatic heterocycles. The van der Waals surface area contributed by atoms with E-state index >= 15 is 0 Å². The van der Waals surface area contributed by atoms with Gasteiger partial charge in [-0.25, -0.2) is 0 Å². The van der Waals surface area contributed by atoms with Crippen LogP contribution in [0.1, 0.15) is 36.6 Å². The van der Waals surface area contributed by atoms with Gasteiger partial charge in [-0.3, -0.25) is 9.78 Å². The number of carbonyl (C=O) groups is 1. The maximum atomic E-state index is 12.6. The summed E-state index contributed by atoms with van der Waals surface area (Å²) in [6.07, 6.45) is 0.363. The highest BCUT2D eigenvalue weighted by Gasteiger charge is 2.71. The summed E-state index contributed by atoms with van der Waals surface area (Å²) < 4.78 is 48.7. The van der Waals surface area contributed by atoms with Crippen LogP contribution in [-0.4, -0.2) is 27.1 Å². The molecule has 0 aromatic carbocycles. The molecule has 0 spiro atoms. The van der Waals surface area contributed by atoms with Gasteiger partial charge in [0.15, 0.2) is 6.61 Å². The number of pyridine rings is 1. The molecule has 7 nitrogen and oxygen atoms in total. The first kappa shape index (κ1) is 15.9. The van der Waals surface area contributed by atoms with Gasteiger partial charge in [0.1, 0.15) is 5.75 Å². The van der Waals surface area contributed by atoms with E-state index in [9.17, 15) is 18.0 Å². The Morgan fingerprint density at radius 1 is 1.28 bits per heavy atom. The Labute approximate surface area is 139 Å². The van der Waals surface area contributed by atoms with Crippen LogP contribution in [0.15, 0.2) is 22.9 Å². The van der Waals surface area contributed by atoms with Crippen molar-refractivity contribution in [2.24, 2.45) is 0 Å². The van der Waals surface area contributed by atoms with Crippen molar-refractivity contribution >= 4 is 6.41 Å². The van der Waals surface area contributed by atoms with E-state index in [1.165, 1.54) is 6.20 Å². The van der Waals surface area contributed by atoms with Crippen LogP contribution < -0.4 is 10.1 Å². The van der Waals surface area contributed by atoms with E-state index in [0.29, 0.717) is 12.3 Å². The quantitative estimate of drug-likeness (QED) is 0.798. The number of aromatic nitrogens is 3. The number of rotatable bonds is 6. The van der Waals surface area contributed by atoms with Crippen molar-refractivity contribution in [3.63, 3.8) is 0 Å². The molecule has 0 radical (unpaired) electrons. The lowest BCUT2D eigenvalue weighted by atomic mass is 9.39. The first-order valence-corrected chi connectivity index (χ1v) is 7.54. The Morgan fingerprint density at radius 2 is 2.04 bits per heavy atom. The lowest BCUT2D eigenvalue weighted by Gasteiger charge is -2.68. The Balaban J connectivity index is 1.38. The second kappa shape index (κ2) is 5.17. The minimum absolute atomic E-state index is 0.0331. The van der Waals surface area contributed by atoms with Gasteiger partial charge in [-0.2, -0.15) is 13.2 Å². The van der Waals surface area contributed by atoms with Gasteiger partial charge in [0.2, 0.25) is 12.3 Å². The number of amides is 1. The van der Waals surface area contributed by atoms with Crippen LogP contribution in [0.4, 0.5) is 13.2 Å². The van der Waals surface area contributed by atoms with Crippen molar-refractivity contribution in [2.75, 3.05) is 0 Å². The molecule has 1 N–H and O–H groups in total. The summed E-state index contributed by atoms with van der Waals surface area (Å²) in [4.78, 5) is 14.0. The molecule has 25 heavy (non-hydrogen) atoms. The molecule has 3 saturated carbocycles. The van der Waals surface area contributed by atoms with E-state index in [0.717, 1.165) is 31.5 Å². The van der Waals surface area contributed by atoms with Crippen LogP contribution in [0, 0.1) is 0 Å². The zero-order chi connectivity index (χ0) is 17.7. The van der Waals surface area contributed by atoms with Gasteiger partial charge in [0.25, 0.3) is 5.89 Å². The number of carbonyl (C=O) groups excluding carboxylic acids is 1. The molecule has 0 saturated heterocycles. The summed E-state index contributed by atoms with van der Waals surface area (Å²) in [5.41, 5.74) is -1.23. The Kier molecular flexibility index (Phi) is 3.28. The first-order chi connectivity index (χ1) is 11.8. The fourth-order valence-corrected chi connectivity index (χ4v) is 3.62. The summed E-state index contributed by atoms with van der Waals surface area (Å²) in [5.74, 6) is 0.617. The lowest BCUT2D eigenvalue weighted by Crippen LogP contribution is -2.75. The van der Waals surface area contributed by atoms with Crippen LogP contribution in [0.5, 0.6) is 5.75 Å². The second-order valence-electron chi connectivity index (χ2n) is 6.55.